The number of fused-ring (bicyclic) bond motifs is 1. The van der Waals surface area contributed by atoms with E-state index in [0.29, 0.717) is 0 Å². The highest BCUT2D eigenvalue weighted by Crippen LogP contribution is 1.98. The zero-order valence-corrected chi connectivity index (χ0v) is 6.13. The molecule has 0 atom stereocenters. The maximum absolute atomic E-state index is 11.0. The third kappa shape index (κ3) is 1.04. The Balaban J connectivity index is 2.83. The van der Waals surface area contributed by atoms with Crippen LogP contribution in [0, 0.1) is 0 Å². The van der Waals surface area contributed by atoms with Gasteiger partial charge in [0, 0.05) is 6.07 Å². The van der Waals surface area contributed by atoms with Gasteiger partial charge in [-0.2, -0.15) is 9.61 Å². The van der Waals surface area contributed by atoms with Crippen molar-refractivity contribution < 1.29 is 9.90 Å². The Morgan fingerprint density at radius 2 is 2.38 bits per heavy atom. The van der Waals surface area contributed by atoms with Crippen molar-refractivity contribution in [1.82, 2.24) is 25.0 Å². The number of aromatic carboxylic acids is 1. The molecule has 0 radical (unpaired) electrons. The topological polar surface area (TPSA) is 113 Å². The first kappa shape index (κ1) is 7.40. The van der Waals surface area contributed by atoms with Crippen molar-refractivity contribution in [1.29, 1.82) is 0 Å². The Bertz CT molecular complexity index is 526. The third-order valence-corrected chi connectivity index (χ3v) is 1.40. The van der Waals surface area contributed by atoms with E-state index in [0.717, 1.165) is 10.6 Å². The highest BCUT2D eigenvalue weighted by molar-refractivity contribution is 5.86. The number of carboxylic acid groups (broad SMARTS) is 1. The number of nitrogens with one attached hydrogen (secondary N) is 1. The van der Waals surface area contributed by atoms with Crippen LogP contribution in [0.2, 0.25) is 0 Å². The van der Waals surface area contributed by atoms with Crippen LogP contribution in [0.4, 0.5) is 0 Å². The maximum atomic E-state index is 11.0. The largest absolute Gasteiger partial charge is 0.476 e. The van der Waals surface area contributed by atoms with Crippen LogP contribution >= 0.6 is 0 Å². The van der Waals surface area contributed by atoms with E-state index in [1.54, 1.807) is 0 Å². The second-order valence-electron chi connectivity index (χ2n) is 2.22. The second kappa shape index (κ2) is 2.37. The van der Waals surface area contributed by atoms with E-state index in [-0.39, 0.29) is 11.3 Å². The van der Waals surface area contributed by atoms with E-state index in [2.05, 4.69) is 15.4 Å². The van der Waals surface area contributed by atoms with Crippen LogP contribution in [0.3, 0.4) is 0 Å². The van der Waals surface area contributed by atoms with Crippen LogP contribution in [-0.4, -0.2) is 36.1 Å². The van der Waals surface area contributed by atoms with E-state index in [9.17, 15) is 9.59 Å². The molecule has 0 unspecified atom stereocenters. The molecule has 0 saturated carbocycles. The van der Waals surface area contributed by atoms with Crippen LogP contribution in [0.5, 0.6) is 0 Å². The SMILES string of the molecule is O=C(O)c1cc2nn[nH]c(=O)n2n1. The van der Waals surface area contributed by atoms with Gasteiger partial charge >= 0.3 is 11.7 Å². The zero-order chi connectivity index (χ0) is 9.42. The van der Waals surface area contributed by atoms with Gasteiger partial charge in [-0.25, -0.2) is 14.7 Å². The molecule has 0 aromatic carbocycles. The van der Waals surface area contributed by atoms with Crippen LogP contribution in [0.15, 0.2) is 10.9 Å². The molecule has 0 saturated heterocycles. The first-order valence-corrected chi connectivity index (χ1v) is 3.23. The van der Waals surface area contributed by atoms with Crippen molar-refractivity contribution in [2.24, 2.45) is 0 Å². The molecule has 8 nitrogen and oxygen atoms in total. The Morgan fingerprint density at radius 1 is 1.62 bits per heavy atom. The minimum absolute atomic E-state index is 0.0983. The van der Waals surface area contributed by atoms with Gasteiger partial charge < -0.3 is 5.11 Å². The first-order chi connectivity index (χ1) is 6.18. The number of carboxylic acids is 1. The minimum Gasteiger partial charge on any atom is -0.476 e. The predicted molar refractivity (Wildman–Crippen MR) is 38.4 cm³/mol. The fourth-order valence-electron chi connectivity index (χ4n) is 0.863. The van der Waals surface area contributed by atoms with Gasteiger partial charge in [-0.1, -0.05) is 5.21 Å². The number of rotatable bonds is 1. The molecule has 0 aliphatic carbocycles. The van der Waals surface area contributed by atoms with E-state index >= 15 is 0 Å². The lowest BCUT2D eigenvalue weighted by Crippen LogP contribution is -2.20. The molecular weight excluding hydrogens is 178 g/mol. The third-order valence-electron chi connectivity index (χ3n) is 1.40. The van der Waals surface area contributed by atoms with Crippen molar-refractivity contribution in [3.8, 4) is 0 Å². The Hall–Kier alpha value is -2.25. The standard InChI is InChI=1S/C5H3N5O3/c11-4(12)2-1-3-6-9-7-5(13)10(3)8-2/h1H,(H,11,12)(H,6,7,13). The van der Waals surface area contributed by atoms with Gasteiger partial charge in [0.25, 0.3) is 0 Å². The van der Waals surface area contributed by atoms with Crippen LogP contribution < -0.4 is 5.69 Å². The lowest BCUT2D eigenvalue weighted by molar-refractivity contribution is 0.0690. The van der Waals surface area contributed by atoms with Crippen molar-refractivity contribution >= 4 is 11.6 Å². The summed E-state index contributed by atoms with van der Waals surface area (Å²) in [5.41, 5.74) is -0.773. The molecule has 0 aliphatic rings. The highest BCUT2D eigenvalue weighted by atomic mass is 16.4. The monoisotopic (exact) mass is 181 g/mol. The van der Waals surface area contributed by atoms with Crippen molar-refractivity contribution in [3.05, 3.63) is 22.2 Å². The van der Waals surface area contributed by atoms with Gasteiger partial charge in [-0.3, -0.25) is 0 Å². The zero-order valence-electron chi connectivity index (χ0n) is 6.13. The molecule has 0 fully saturated rings. The molecule has 66 valence electrons. The Labute approximate surface area is 69.8 Å². The second-order valence-corrected chi connectivity index (χ2v) is 2.22. The van der Waals surface area contributed by atoms with Gasteiger partial charge in [0.05, 0.1) is 0 Å². The quantitative estimate of drug-likeness (QED) is 0.554. The summed E-state index contributed by atoms with van der Waals surface area (Å²) in [5, 5.41) is 20.8. The molecule has 2 N–H and O–H groups in total. The molecule has 0 aliphatic heterocycles. The number of hydrogen-bond acceptors (Lipinski definition) is 5. The summed E-state index contributed by atoms with van der Waals surface area (Å²) in [5.74, 6) is -1.22. The van der Waals surface area contributed by atoms with E-state index in [1.807, 2.05) is 5.10 Å². The molecule has 2 aromatic rings. The smallest absolute Gasteiger partial charge is 0.365 e. The maximum Gasteiger partial charge on any atom is 0.365 e. The van der Waals surface area contributed by atoms with E-state index in [4.69, 9.17) is 5.11 Å². The number of carbonyl (C=O) groups is 1. The molecule has 0 spiro atoms. The van der Waals surface area contributed by atoms with Gasteiger partial charge in [-0.05, 0) is 0 Å². The summed E-state index contributed by atoms with van der Waals surface area (Å²) in [6.07, 6.45) is 0. The molecular formula is C5H3N5O3. The molecule has 2 rings (SSSR count). The lowest BCUT2D eigenvalue weighted by atomic mass is 10.4. The Morgan fingerprint density at radius 3 is 3.00 bits per heavy atom. The first-order valence-electron chi connectivity index (χ1n) is 3.23. The predicted octanol–water partition coefficient (Wildman–Crippen LogP) is -1.49. The van der Waals surface area contributed by atoms with Crippen LogP contribution in [0.25, 0.3) is 5.65 Å². The normalized spacial score (nSPS) is 10.5. The number of H-pyrrole nitrogens is 1. The average Bonchev–Trinajstić information content (AvgIpc) is 2.49. The lowest BCUT2D eigenvalue weighted by Gasteiger charge is -1.84. The molecule has 0 amide bonds. The van der Waals surface area contributed by atoms with Crippen molar-refractivity contribution in [3.63, 3.8) is 0 Å². The van der Waals surface area contributed by atoms with Gasteiger partial charge in [0.2, 0.25) is 0 Å². The summed E-state index contributed by atoms with van der Waals surface area (Å²) in [4.78, 5) is 21.4. The summed E-state index contributed by atoms with van der Waals surface area (Å²) in [6, 6.07) is 1.16. The number of aromatic nitrogens is 5. The molecule has 0 bridgehead atoms. The summed E-state index contributed by atoms with van der Waals surface area (Å²) < 4.78 is 0.830. The average molecular weight is 181 g/mol. The molecule has 2 heterocycles. The Kier molecular flexibility index (Phi) is 1.35. The summed E-state index contributed by atoms with van der Waals surface area (Å²) >= 11 is 0. The fourth-order valence-corrected chi connectivity index (χ4v) is 0.863. The molecule has 8 heteroatoms. The van der Waals surface area contributed by atoms with E-state index < -0.39 is 11.7 Å². The number of nitrogens with zero attached hydrogens (tertiary/aromatic N) is 4. The molecule has 13 heavy (non-hydrogen) atoms. The van der Waals surface area contributed by atoms with Crippen molar-refractivity contribution in [2.75, 3.05) is 0 Å². The van der Waals surface area contributed by atoms with Crippen LogP contribution in [0.1, 0.15) is 10.5 Å². The highest BCUT2D eigenvalue weighted by Gasteiger charge is 2.10. The number of aromatic amines is 1. The summed E-state index contributed by atoms with van der Waals surface area (Å²) in [6.45, 7) is 0. The van der Waals surface area contributed by atoms with E-state index in [1.165, 1.54) is 0 Å². The molecule has 2 aromatic heterocycles. The fraction of sp³-hybridized carbons (Fsp3) is 0. The minimum atomic E-state index is -1.22. The van der Waals surface area contributed by atoms with Gasteiger partial charge in [-0.15, -0.1) is 5.10 Å². The van der Waals surface area contributed by atoms with Crippen LogP contribution in [-0.2, 0) is 0 Å². The number of hydrogen-bond donors (Lipinski definition) is 2. The van der Waals surface area contributed by atoms with Crippen molar-refractivity contribution in [2.45, 2.75) is 0 Å². The van der Waals surface area contributed by atoms with Gasteiger partial charge in [0.1, 0.15) is 0 Å². The summed E-state index contributed by atoms with van der Waals surface area (Å²) in [7, 11) is 0. The van der Waals surface area contributed by atoms with Gasteiger partial charge in [0.15, 0.2) is 11.3 Å².